The number of aliphatic hydroxyl groups is 1. The molecule has 0 spiro atoms. The second-order valence-corrected chi connectivity index (χ2v) is 5.87. The fourth-order valence-electron chi connectivity index (χ4n) is 1.79. The zero-order valence-corrected chi connectivity index (χ0v) is 10.7. The van der Waals surface area contributed by atoms with Crippen LogP contribution in [-0.2, 0) is 10.0 Å². The van der Waals surface area contributed by atoms with Crippen molar-refractivity contribution < 1.29 is 13.5 Å². The summed E-state index contributed by atoms with van der Waals surface area (Å²) >= 11 is 0. The van der Waals surface area contributed by atoms with Gasteiger partial charge >= 0.3 is 0 Å². The van der Waals surface area contributed by atoms with Crippen molar-refractivity contribution in [1.29, 1.82) is 0 Å². The molecule has 0 heterocycles. The molecule has 0 aliphatic rings. The zero-order chi connectivity index (χ0) is 13.0. The topological polar surface area (TPSA) is 66.4 Å². The summed E-state index contributed by atoms with van der Waals surface area (Å²) in [5.41, 5.74) is 0.575. The van der Waals surface area contributed by atoms with Gasteiger partial charge in [0, 0.05) is 12.0 Å². The SMILES string of the molecule is O=S(=O)(CCCO)Nc1cccc2ccccc12. The molecule has 2 aromatic rings. The molecule has 2 N–H and O–H groups in total. The van der Waals surface area contributed by atoms with Gasteiger partial charge in [-0.2, -0.15) is 0 Å². The van der Waals surface area contributed by atoms with Crippen LogP contribution in [0.3, 0.4) is 0 Å². The third-order valence-corrected chi connectivity index (χ3v) is 3.98. The van der Waals surface area contributed by atoms with Crippen LogP contribution < -0.4 is 4.72 Å². The fraction of sp³-hybridized carbons (Fsp3) is 0.231. The van der Waals surface area contributed by atoms with Gasteiger partial charge in [0.2, 0.25) is 10.0 Å². The van der Waals surface area contributed by atoms with Gasteiger partial charge in [-0.3, -0.25) is 4.72 Å². The van der Waals surface area contributed by atoms with E-state index in [2.05, 4.69) is 4.72 Å². The Morgan fingerprint density at radius 3 is 2.56 bits per heavy atom. The lowest BCUT2D eigenvalue weighted by Crippen LogP contribution is -2.17. The number of benzene rings is 2. The molecule has 2 rings (SSSR count). The first kappa shape index (κ1) is 12.9. The molecule has 0 radical (unpaired) electrons. The van der Waals surface area contributed by atoms with Crippen LogP contribution in [0.15, 0.2) is 42.5 Å². The van der Waals surface area contributed by atoms with Crippen molar-refractivity contribution in [3.05, 3.63) is 42.5 Å². The van der Waals surface area contributed by atoms with E-state index in [0.29, 0.717) is 5.69 Å². The second-order valence-electron chi connectivity index (χ2n) is 4.02. The lowest BCUT2D eigenvalue weighted by molar-refractivity contribution is 0.295. The van der Waals surface area contributed by atoms with Crippen molar-refractivity contribution >= 4 is 26.5 Å². The highest BCUT2D eigenvalue weighted by Gasteiger charge is 2.11. The first-order valence-corrected chi connectivity index (χ1v) is 7.37. The summed E-state index contributed by atoms with van der Waals surface area (Å²) in [4.78, 5) is 0. The van der Waals surface area contributed by atoms with Gasteiger partial charge in [0.05, 0.1) is 11.4 Å². The molecule has 0 fully saturated rings. The normalized spacial score (nSPS) is 11.6. The van der Waals surface area contributed by atoms with Crippen molar-refractivity contribution in [2.75, 3.05) is 17.1 Å². The van der Waals surface area contributed by atoms with Gasteiger partial charge in [0.1, 0.15) is 0 Å². The molecule has 0 bridgehead atoms. The number of rotatable bonds is 5. The predicted molar refractivity (Wildman–Crippen MR) is 73.1 cm³/mol. The number of fused-ring (bicyclic) bond motifs is 1. The molecule has 96 valence electrons. The monoisotopic (exact) mass is 265 g/mol. The molecular weight excluding hydrogens is 250 g/mol. The molecular formula is C13H15NO3S. The Labute approximate surface area is 106 Å². The molecule has 0 saturated carbocycles. The molecule has 0 aliphatic carbocycles. The summed E-state index contributed by atoms with van der Waals surface area (Å²) in [7, 11) is -3.40. The zero-order valence-electron chi connectivity index (χ0n) is 9.83. The Hall–Kier alpha value is -1.59. The van der Waals surface area contributed by atoms with E-state index in [1.54, 1.807) is 6.07 Å². The molecule has 0 atom stereocenters. The molecule has 2 aromatic carbocycles. The summed E-state index contributed by atoms with van der Waals surface area (Å²) in [5.74, 6) is -0.0767. The van der Waals surface area contributed by atoms with E-state index in [1.807, 2.05) is 36.4 Å². The first-order valence-electron chi connectivity index (χ1n) is 5.71. The number of aliphatic hydroxyl groups excluding tert-OH is 1. The summed E-state index contributed by atoms with van der Waals surface area (Å²) < 4.78 is 26.1. The van der Waals surface area contributed by atoms with E-state index in [1.165, 1.54) is 0 Å². The molecule has 0 saturated heterocycles. The van der Waals surface area contributed by atoms with E-state index in [0.717, 1.165) is 10.8 Å². The number of hydrogen-bond donors (Lipinski definition) is 2. The lowest BCUT2D eigenvalue weighted by Gasteiger charge is -2.10. The molecule has 0 aromatic heterocycles. The van der Waals surface area contributed by atoms with Crippen LogP contribution in [0.5, 0.6) is 0 Å². The number of nitrogens with one attached hydrogen (secondary N) is 1. The van der Waals surface area contributed by atoms with Crippen LogP contribution >= 0.6 is 0 Å². The van der Waals surface area contributed by atoms with Gasteiger partial charge in [-0.25, -0.2) is 8.42 Å². The summed E-state index contributed by atoms with van der Waals surface area (Å²) in [6.07, 6.45) is 0.236. The van der Waals surface area contributed by atoms with E-state index in [4.69, 9.17) is 5.11 Å². The Bertz CT molecular complexity index is 632. The summed E-state index contributed by atoms with van der Waals surface area (Å²) in [6, 6.07) is 13.1. The minimum atomic E-state index is -3.40. The third kappa shape index (κ3) is 3.00. The summed E-state index contributed by atoms with van der Waals surface area (Å²) in [6.45, 7) is -0.129. The molecule has 0 aliphatic heterocycles. The molecule has 0 unspecified atom stereocenters. The van der Waals surface area contributed by atoms with E-state index in [9.17, 15) is 8.42 Å². The Balaban J connectivity index is 2.32. The Morgan fingerprint density at radius 1 is 1.06 bits per heavy atom. The maximum atomic E-state index is 11.8. The van der Waals surface area contributed by atoms with E-state index < -0.39 is 10.0 Å². The predicted octanol–water partition coefficient (Wildman–Crippen LogP) is 1.96. The number of sulfonamides is 1. The average molecular weight is 265 g/mol. The van der Waals surface area contributed by atoms with Gasteiger partial charge in [0.25, 0.3) is 0 Å². The van der Waals surface area contributed by atoms with E-state index >= 15 is 0 Å². The van der Waals surface area contributed by atoms with Crippen LogP contribution in [-0.4, -0.2) is 25.9 Å². The van der Waals surface area contributed by atoms with Crippen molar-refractivity contribution in [3.8, 4) is 0 Å². The third-order valence-electron chi connectivity index (χ3n) is 2.63. The second kappa shape index (κ2) is 5.37. The first-order chi connectivity index (χ1) is 8.62. The van der Waals surface area contributed by atoms with Gasteiger partial charge in [-0.1, -0.05) is 36.4 Å². The van der Waals surface area contributed by atoms with Crippen LogP contribution in [0.25, 0.3) is 10.8 Å². The van der Waals surface area contributed by atoms with Crippen LogP contribution in [0, 0.1) is 0 Å². The van der Waals surface area contributed by atoms with Gasteiger partial charge in [-0.05, 0) is 17.9 Å². The molecule has 4 nitrogen and oxygen atoms in total. The van der Waals surface area contributed by atoms with Crippen molar-refractivity contribution in [1.82, 2.24) is 0 Å². The fourth-order valence-corrected chi connectivity index (χ4v) is 2.91. The van der Waals surface area contributed by atoms with Crippen molar-refractivity contribution in [2.24, 2.45) is 0 Å². The van der Waals surface area contributed by atoms with Crippen molar-refractivity contribution in [2.45, 2.75) is 6.42 Å². The molecule has 5 heteroatoms. The van der Waals surface area contributed by atoms with Gasteiger partial charge < -0.3 is 5.11 Å². The van der Waals surface area contributed by atoms with Gasteiger partial charge in [0.15, 0.2) is 0 Å². The molecule has 0 amide bonds. The Kier molecular flexibility index (Phi) is 3.84. The van der Waals surface area contributed by atoms with Crippen molar-refractivity contribution in [3.63, 3.8) is 0 Å². The highest BCUT2D eigenvalue weighted by Crippen LogP contribution is 2.23. The van der Waals surface area contributed by atoms with Crippen LogP contribution in [0.1, 0.15) is 6.42 Å². The number of hydrogen-bond acceptors (Lipinski definition) is 3. The van der Waals surface area contributed by atoms with Crippen LogP contribution in [0.4, 0.5) is 5.69 Å². The highest BCUT2D eigenvalue weighted by atomic mass is 32.2. The highest BCUT2D eigenvalue weighted by molar-refractivity contribution is 7.92. The maximum Gasteiger partial charge on any atom is 0.232 e. The quantitative estimate of drug-likeness (QED) is 0.868. The maximum absolute atomic E-state index is 11.8. The minimum absolute atomic E-state index is 0.0767. The Morgan fingerprint density at radius 2 is 1.78 bits per heavy atom. The average Bonchev–Trinajstić information content (AvgIpc) is 2.37. The standard InChI is InChI=1S/C13H15NO3S/c15-9-4-10-18(16,17)14-13-8-3-6-11-5-1-2-7-12(11)13/h1-3,5-8,14-15H,4,9-10H2. The number of anilines is 1. The van der Waals surface area contributed by atoms with Gasteiger partial charge in [-0.15, -0.1) is 0 Å². The van der Waals surface area contributed by atoms with Crippen LogP contribution in [0.2, 0.25) is 0 Å². The minimum Gasteiger partial charge on any atom is -0.396 e. The largest absolute Gasteiger partial charge is 0.396 e. The summed E-state index contributed by atoms with van der Waals surface area (Å²) in [5, 5.41) is 10.5. The lowest BCUT2D eigenvalue weighted by atomic mass is 10.1. The van der Waals surface area contributed by atoms with E-state index in [-0.39, 0.29) is 18.8 Å². The molecule has 18 heavy (non-hydrogen) atoms. The smallest absolute Gasteiger partial charge is 0.232 e.